The van der Waals surface area contributed by atoms with Gasteiger partial charge in [0.1, 0.15) is 0 Å². The first-order valence-corrected chi connectivity index (χ1v) is 8.52. The predicted molar refractivity (Wildman–Crippen MR) is 99.0 cm³/mol. The van der Waals surface area contributed by atoms with E-state index in [1.165, 1.54) is 35.6 Å². The molecule has 0 bridgehead atoms. The van der Waals surface area contributed by atoms with E-state index in [9.17, 15) is 19.7 Å². The quantitative estimate of drug-likeness (QED) is 0.411. The van der Waals surface area contributed by atoms with E-state index in [4.69, 9.17) is 4.42 Å². The molecule has 9 nitrogen and oxygen atoms in total. The SMILES string of the molecule is O=C(Nc1nc(-c2ccc3[nH]c(=O)oc3c2)cs1)c1ccc([N+](=O)[O-])cc1. The van der Waals surface area contributed by atoms with Crippen LogP contribution >= 0.6 is 11.3 Å². The predicted octanol–water partition coefficient (Wildman–Crippen LogP) is 3.41. The fourth-order valence-electron chi connectivity index (χ4n) is 2.47. The van der Waals surface area contributed by atoms with Gasteiger partial charge in [0.15, 0.2) is 10.7 Å². The highest BCUT2D eigenvalue weighted by Gasteiger charge is 2.13. The molecule has 4 aromatic rings. The number of nitrogens with one attached hydrogen (secondary N) is 2. The second-order valence-corrected chi connectivity index (χ2v) is 6.38. The van der Waals surface area contributed by atoms with E-state index in [0.717, 1.165) is 5.56 Å². The number of H-pyrrole nitrogens is 1. The van der Waals surface area contributed by atoms with Gasteiger partial charge < -0.3 is 4.42 Å². The number of carbonyl (C=O) groups excluding carboxylic acids is 1. The summed E-state index contributed by atoms with van der Waals surface area (Å²) in [5.74, 6) is -0.950. The van der Waals surface area contributed by atoms with Gasteiger partial charge in [-0.15, -0.1) is 11.3 Å². The number of nitrogens with zero attached hydrogens (tertiary/aromatic N) is 2. The molecule has 134 valence electrons. The molecule has 2 aromatic carbocycles. The van der Waals surface area contributed by atoms with Crippen LogP contribution in [0.2, 0.25) is 0 Å². The van der Waals surface area contributed by atoms with Gasteiger partial charge in [-0.1, -0.05) is 6.07 Å². The molecule has 2 N–H and O–H groups in total. The number of non-ortho nitro benzene ring substituents is 1. The lowest BCUT2D eigenvalue weighted by atomic mass is 10.1. The Morgan fingerprint density at radius 1 is 1.22 bits per heavy atom. The summed E-state index contributed by atoms with van der Waals surface area (Å²) in [6.07, 6.45) is 0. The second kappa shape index (κ2) is 6.50. The molecule has 0 fully saturated rings. The Bertz CT molecular complexity index is 1220. The van der Waals surface area contributed by atoms with Gasteiger partial charge in [-0.3, -0.25) is 25.2 Å². The molecule has 0 saturated heterocycles. The molecule has 0 saturated carbocycles. The summed E-state index contributed by atoms with van der Waals surface area (Å²) in [7, 11) is 0. The van der Waals surface area contributed by atoms with Crippen molar-refractivity contribution in [3.8, 4) is 11.3 Å². The van der Waals surface area contributed by atoms with Crippen molar-refractivity contribution in [2.45, 2.75) is 0 Å². The minimum absolute atomic E-state index is 0.0881. The van der Waals surface area contributed by atoms with Crippen molar-refractivity contribution in [1.82, 2.24) is 9.97 Å². The Labute approximate surface area is 154 Å². The zero-order valence-electron chi connectivity index (χ0n) is 13.5. The number of anilines is 1. The molecule has 0 aliphatic rings. The summed E-state index contributed by atoms with van der Waals surface area (Å²) in [5.41, 5.74) is 2.55. The van der Waals surface area contributed by atoms with E-state index in [-0.39, 0.29) is 11.3 Å². The van der Waals surface area contributed by atoms with Crippen LogP contribution in [0, 0.1) is 10.1 Å². The van der Waals surface area contributed by atoms with Crippen molar-refractivity contribution in [2.24, 2.45) is 0 Å². The first kappa shape index (κ1) is 16.7. The molecule has 4 rings (SSSR count). The number of fused-ring (bicyclic) bond motifs is 1. The average molecular weight is 382 g/mol. The Kier molecular flexibility index (Phi) is 4.01. The van der Waals surface area contributed by atoms with E-state index in [0.29, 0.717) is 21.9 Å². The maximum absolute atomic E-state index is 12.3. The summed E-state index contributed by atoms with van der Waals surface area (Å²) in [6, 6.07) is 10.5. The van der Waals surface area contributed by atoms with E-state index >= 15 is 0 Å². The topological polar surface area (TPSA) is 131 Å². The van der Waals surface area contributed by atoms with Crippen LogP contribution in [-0.4, -0.2) is 20.8 Å². The van der Waals surface area contributed by atoms with Crippen LogP contribution in [-0.2, 0) is 0 Å². The maximum atomic E-state index is 12.3. The summed E-state index contributed by atoms with van der Waals surface area (Å²) in [4.78, 5) is 40.5. The van der Waals surface area contributed by atoms with E-state index < -0.39 is 16.6 Å². The highest BCUT2D eigenvalue weighted by Crippen LogP contribution is 2.27. The summed E-state index contributed by atoms with van der Waals surface area (Å²) < 4.78 is 5.03. The van der Waals surface area contributed by atoms with Crippen LogP contribution < -0.4 is 11.1 Å². The van der Waals surface area contributed by atoms with Crippen molar-refractivity contribution in [3.63, 3.8) is 0 Å². The molecular formula is C17H10N4O5S. The number of hydrogen-bond acceptors (Lipinski definition) is 7. The third kappa shape index (κ3) is 3.33. The van der Waals surface area contributed by atoms with Crippen LogP contribution in [0.15, 0.2) is 57.1 Å². The number of nitro benzene ring substituents is 1. The molecule has 2 aromatic heterocycles. The highest BCUT2D eigenvalue weighted by atomic mass is 32.1. The molecule has 0 unspecified atom stereocenters. The van der Waals surface area contributed by atoms with Gasteiger partial charge in [0.2, 0.25) is 0 Å². The van der Waals surface area contributed by atoms with Crippen molar-refractivity contribution in [2.75, 3.05) is 5.32 Å². The van der Waals surface area contributed by atoms with Gasteiger partial charge in [-0.25, -0.2) is 9.78 Å². The molecule has 1 amide bonds. The van der Waals surface area contributed by atoms with Crippen molar-refractivity contribution in [1.29, 1.82) is 0 Å². The Morgan fingerprint density at radius 3 is 2.74 bits per heavy atom. The number of carbonyl (C=O) groups is 1. The normalized spacial score (nSPS) is 10.8. The summed E-state index contributed by atoms with van der Waals surface area (Å²) in [6.45, 7) is 0. The first-order chi connectivity index (χ1) is 13.0. The van der Waals surface area contributed by atoms with Crippen molar-refractivity contribution < 1.29 is 14.1 Å². The molecule has 0 radical (unpaired) electrons. The van der Waals surface area contributed by atoms with Gasteiger partial charge in [-0.2, -0.15) is 0 Å². The van der Waals surface area contributed by atoms with E-state index in [2.05, 4.69) is 15.3 Å². The molecular weight excluding hydrogens is 372 g/mol. The van der Waals surface area contributed by atoms with Crippen LogP contribution in [0.3, 0.4) is 0 Å². The summed E-state index contributed by atoms with van der Waals surface area (Å²) in [5, 5.41) is 15.5. The van der Waals surface area contributed by atoms with Crippen LogP contribution in [0.1, 0.15) is 10.4 Å². The fraction of sp³-hybridized carbons (Fsp3) is 0. The first-order valence-electron chi connectivity index (χ1n) is 7.64. The lowest BCUT2D eigenvalue weighted by Gasteiger charge is -2.01. The fourth-order valence-corrected chi connectivity index (χ4v) is 3.19. The van der Waals surface area contributed by atoms with Crippen molar-refractivity contribution in [3.05, 3.63) is 74.1 Å². The molecule has 0 spiro atoms. The van der Waals surface area contributed by atoms with Crippen LogP contribution in [0.25, 0.3) is 22.4 Å². The van der Waals surface area contributed by atoms with Crippen LogP contribution in [0.5, 0.6) is 0 Å². The minimum Gasteiger partial charge on any atom is -0.408 e. The van der Waals surface area contributed by atoms with Crippen molar-refractivity contribution >= 4 is 39.2 Å². The highest BCUT2D eigenvalue weighted by molar-refractivity contribution is 7.14. The molecule has 27 heavy (non-hydrogen) atoms. The zero-order valence-corrected chi connectivity index (χ0v) is 14.3. The van der Waals surface area contributed by atoms with Gasteiger partial charge >= 0.3 is 5.76 Å². The summed E-state index contributed by atoms with van der Waals surface area (Å²) >= 11 is 1.23. The van der Waals surface area contributed by atoms with Gasteiger partial charge in [-0.05, 0) is 24.3 Å². The van der Waals surface area contributed by atoms with E-state index in [1.807, 2.05) is 0 Å². The Hall–Kier alpha value is -3.79. The minimum atomic E-state index is -0.531. The Morgan fingerprint density at radius 2 is 2.00 bits per heavy atom. The number of aromatic nitrogens is 2. The van der Waals surface area contributed by atoms with E-state index in [1.54, 1.807) is 23.6 Å². The van der Waals surface area contributed by atoms with Crippen LogP contribution in [0.4, 0.5) is 10.8 Å². The zero-order chi connectivity index (χ0) is 19.0. The maximum Gasteiger partial charge on any atom is 0.417 e. The van der Waals surface area contributed by atoms with Gasteiger partial charge in [0.25, 0.3) is 11.6 Å². The van der Waals surface area contributed by atoms with Gasteiger partial charge in [0, 0.05) is 28.6 Å². The number of nitro groups is 1. The largest absolute Gasteiger partial charge is 0.417 e. The monoisotopic (exact) mass is 382 g/mol. The number of rotatable bonds is 4. The number of thiazole rings is 1. The lowest BCUT2D eigenvalue weighted by molar-refractivity contribution is -0.384. The average Bonchev–Trinajstić information content (AvgIpc) is 3.26. The lowest BCUT2D eigenvalue weighted by Crippen LogP contribution is -2.11. The molecule has 0 aliphatic carbocycles. The second-order valence-electron chi connectivity index (χ2n) is 5.52. The molecule has 10 heteroatoms. The van der Waals surface area contributed by atoms with Gasteiger partial charge in [0.05, 0.1) is 16.1 Å². The third-order valence-electron chi connectivity index (χ3n) is 3.78. The number of hydrogen-bond donors (Lipinski definition) is 2. The Balaban J connectivity index is 1.53. The molecule has 2 heterocycles. The smallest absolute Gasteiger partial charge is 0.408 e. The molecule has 0 atom stereocenters. The number of amides is 1. The number of benzene rings is 2. The molecule has 0 aliphatic heterocycles. The number of aromatic amines is 1. The third-order valence-corrected chi connectivity index (χ3v) is 4.54. The standard InChI is InChI=1S/C17H10N4O5S/c22-15(9-1-4-11(5-2-9)21(24)25)20-16-18-13(8-27-16)10-3-6-12-14(7-10)26-17(23)19-12/h1-8H,(H,19,23)(H,18,20,22). The number of oxazole rings is 1.